The zero-order chi connectivity index (χ0) is 25.0. The van der Waals surface area contributed by atoms with Crippen LogP contribution >= 0.6 is 35.0 Å². The highest BCUT2D eigenvalue weighted by Crippen LogP contribution is 2.52. The number of piperidine rings is 1. The van der Waals surface area contributed by atoms with Gasteiger partial charge in [0.25, 0.3) is 0 Å². The maximum Gasteiger partial charge on any atom is 0.229 e. The first-order valence-electron chi connectivity index (χ1n) is 12.1. The molecule has 0 N–H and O–H groups in total. The number of allylic oxidation sites excluding steroid dienone is 1. The minimum Gasteiger partial charge on any atom is -0.330 e. The Bertz CT molecular complexity index is 990. The summed E-state index contributed by atoms with van der Waals surface area (Å²) in [7, 11) is 0. The van der Waals surface area contributed by atoms with Crippen molar-refractivity contribution in [2.75, 3.05) is 5.75 Å². The zero-order valence-corrected chi connectivity index (χ0v) is 23.3. The molecule has 0 spiro atoms. The molecule has 4 unspecified atom stereocenters. The first-order valence-corrected chi connectivity index (χ1v) is 13.9. The van der Waals surface area contributed by atoms with E-state index in [1.165, 1.54) is 5.56 Å². The SMILES string of the molecule is C=CCC1(C)CC(c2cccc(Cl)c2)C(c2ccc(Cl)cc2)N(C(CSC(C)C)C(C)C)C1=O. The molecule has 3 rings (SSSR count). The van der Waals surface area contributed by atoms with Crippen LogP contribution in [0.25, 0.3) is 0 Å². The summed E-state index contributed by atoms with van der Waals surface area (Å²) in [6.45, 7) is 15.0. The van der Waals surface area contributed by atoms with Crippen molar-refractivity contribution < 1.29 is 4.79 Å². The summed E-state index contributed by atoms with van der Waals surface area (Å²) >= 11 is 14.6. The summed E-state index contributed by atoms with van der Waals surface area (Å²) in [6.07, 6.45) is 3.28. The van der Waals surface area contributed by atoms with E-state index in [4.69, 9.17) is 23.2 Å². The van der Waals surface area contributed by atoms with E-state index < -0.39 is 5.41 Å². The van der Waals surface area contributed by atoms with Gasteiger partial charge in [0, 0.05) is 27.8 Å². The van der Waals surface area contributed by atoms with Crippen LogP contribution in [0.15, 0.2) is 61.2 Å². The van der Waals surface area contributed by atoms with Gasteiger partial charge in [-0.2, -0.15) is 11.8 Å². The van der Waals surface area contributed by atoms with E-state index in [2.05, 4.69) is 70.4 Å². The van der Waals surface area contributed by atoms with Crippen molar-refractivity contribution in [2.45, 2.75) is 70.7 Å². The lowest BCUT2D eigenvalue weighted by atomic mass is 9.67. The fraction of sp³-hybridized carbons (Fsp3) is 0.483. The molecule has 0 bridgehead atoms. The summed E-state index contributed by atoms with van der Waals surface area (Å²) in [5, 5.41) is 1.92. The van der Waals surface area contributed by atoms with Gasteiger partial charge in [0.05, 0.1) is 11.5 Å². The number of nitrogens with zero attached hydrogens (tertiary/aromatic N) is 1. The molecule has 1 aliphatic heterocycles. The number of hydrogen-bond donors (Lipinski definition) is 0. The van der Waals surface area contributed by atoms with Gasteiger partial charge in [-0.1, -0.05) is 88.2 Å². The molecule has 2 aromatic carbocycles. The van der Waals surface area contributed by atoms with E-state index in [-0.39, 0.29) is 23.9 Å². The van der Waals surface area contributed by atoms with Crippen LogP contribution in [0, 0.1) is 11.3 Å². The van der Waals surface area contributed by atoms with E-state index in [9.17, 15) is 4.79 Å². The third-order valence-electron chi connectivity index (χ3n) is 6.91. The van der Waals surface area contributed by atoms with Crippen molar-refractivity contribution in [3.05, 3.63) is 82.4 Å². The highest BCUT2D eigenvalue weighted by Gasteiger charge is 2.51. The van der Waals surface area contributed by atoms with Gasteiger partial charge in [-0.15, -0.1) is 6.58 Å². The number of thioether (sulfide) groups is 1. The van der Waals surface area contributed by atoms with E-state index >= 15 is 0 Å². The molecule has 0 aromatic heterocycles. The smallest absolute Gasteiger partial charge is 0.229 e. The molecule has 4 atom stereocenters. The van der Waals surface area contributed by atoms with Gasteiger partial charge in [-0.05, 0) is 59.4 Å². The minimum atomic E-state index is -0.521. The molecule has 184 valence electrons. The van der Waals surface area contributed by atoms with Gasteiger partial charge in [0.15, 0.2) is 0 Å². The normalized spacial score (nSPS) is 24.0. The summed E-state index contributed by atoms with van der Waals surface area (Å²) in [5.41, 5.74) is 1.76. The Kier molecular flexibility index (Phi) is 9.23. The molecule has 1 amide bonds. The van der Waals surface area contributed by atoms with Crippen molar-refractivity contribution in [1.29, 1.82) is 0 Å². The first kappa shape index (κ1) is 27.2. The number of likely N-dealkylation sites (tertiary alicyclic amines) is 1. The Morgan fingerprint density at radius 1 is 1.09 bits per heavy atom. The Morgan fingerprint density at radius 2 is 1.76 bits per heavy atom. The molecule has 0 radical (unpaired) electrons. The second-order valence-corrected chi connectivity index (χ2v) is 12.8. The molecule has 5 heteroatoms. The van der Waals surface area contributed by atoms with Crippen molar-refractivity contribution in [2.24, 2.45) is 11.3 Å². The number of hydrogen-bond acceptors (Lipinski definition) is 2. The molecule has 1 heterocycles. The lowest BCUT2D eigenvalue weighted by molar-refractivity contribution is -0.155. The molecule has 0 aliphatic carbocycles. The largest absolute Gasteiger partial charge is 0.330 e. The van der Waals surface area contributed by atoms with E-state index in [1.807, 2.05) is 42.1 Å². The summed E-state index contributed by atoms with van der Waals surface area (Å²) in [5.74, 6) is 1.54. The third-order valence-corrected chi connectivity index (χ3v) is 8.60. The van der Waals surface area contributed by atoms with Crippen molar-refractivity contribution in [3.8, 4) is 0 Å². The highest BCUT2D eigenvalue weighted by molar-refractivity contribution is 7.99. The fourth-order valence-corrected chi connectivity index (χ4v) is 6.59. The van der Waals surface area contributed by atoms with Crippen LogP contribution in [0.2, 0.25) is 10.0 Å². The van der Waals surface area contributed by atoms with E-state index in [0.29, 0.717) is 22.6 Å². The first-order chi connectivity index (χ1) is 16.1. The van der Waals surface area contributed by atoms with Gasteiger partial charge >= 0.3 is 0 Å². The van der Waals surface area contributed by atoms with Crippen LogP contribution in [0.5, 0.6) is 0 Å². The van der Waals surface area contributed by atoms with Crippen LogP contribution in [0.3, 0.4) is 0 Å². The van der Waals surface area contributed by atoms with Gasteiger partial charge < -0.3 is 4.90 Å². The minimum absolute atomic E-state index is 0.0960. The monoisotopic (exact) mass is 517 g/mol. The number of rotatable bonds is 9. The zero-order valence-electron chi connectivity index (χ0n) is 20.9. The molecule has 1 saturated heterocycles. The van der Waals surface area contributed by atoms with Crippen LogP contribution < -0.4 is 0 Å². The van der Waals surface area contributed by atoms with Crippen LogP contribution in [0.4, 0.5) is 0 Å². The Labute approximate surface area is 220 Å². The Hall–Kier alpha value is -1.42. The molecule has 1 aliphatic rings. The fourth-order valence-electron chi connectivity index (χ4n) is 5.14. The quantitative estimate of drug-likeness (QED) is 0.309. The van der Waals surface area contributed by atoms with Crippen LogP contribution in [-0.4, -0.2) is 27.9 Å². The lowest BCUT2D eigenvalue weighted by Crippen LogP contribution is -2.57. The molecular weight excluding hydrogens is 481 g/mol. The standard InChI is InChI=1S/C29H37Cl2NOS/c1-7-15-29(6)17-25(22-9-8-10-24(31)16-22)27(21-11-13-23(30)14-12-21)32(28(29)33)26(19(2)3)18-34-20(4)5/h7-14,16,19-20,25-27H,1,15,17-18H2,2-6H3. The number of carbonyl (C=O) groups excluding carboxylic acids is 1. The summed E-state index contributed by atoms with van der Waals surface area (Å²) in [6, 6.07) is 16.2. The second-order valence-electron chi connectivity index (χ2n) is 10.3. The lowest BCUT2D eigenvalue weighted by Gasteiger charge is -2.53. The number of amides is 1. The summed E-state index contributed by atoms with van der Waals surface area (Å²) in [4.78, 5) is 16.5. The average molecular weight is 519 g/mol. The number of carbonyl (C=O) groups is 1. The van der Waals surface area contributed by atoms with Gasteiger partial charge in [0.2, 0.25) is 5.91 Å². The Balaban J connectivity index is 2.22. The molecular formula is C29H37Cl2NOS. The van der Waals surface area contributed by atoms with Crippen LogP contribution in [-0.2, 0) is 4.79 Å². The number of benzene rings is 2. The second kappa shape index (κ2) is 11.5. The van der Waals surface area contributed by atoms with Gasteiger partial charge in [0.1, 0.15) is 0 Å². The predicted molar refractivity (Wildman–Crippen MR) is 149 cm³/mol. The topological polar surface area (TPSA) is 20.3 Å². The maximum atomic E-state index is 14.3. The molecule has 1 fully saturated rings. The maximum absolute atomic E-state index is 14.3. The molecule has 34 heavy (non-hydrogen) atoms. The van der Waals surface area contributed by atoms with Gasteiger partial charge in [-0.25, -0.2) is 0 Å². The summed E-state index contributed by atoms with van der Waals surface area (Å²) < 4.78 is 0. The van der Waals surface area contributed by atoms with Crippen molar-refractivity contribution in [3.63, 3.8) is 0 Å². The molecule has 2 nitrogen and oxygen atoms in total. The third kappa shape index (κ3) is 6.04. The molecule has 2 aromatic rings. The Morgan fingerprint density at radius 3 is 2.32 bits per heavy atom. The highest BCUT2D eigenvalue weighted by atomic mass is 35.5. The number of halogens is 2. The van der Waals surface area contributed by atoms with Crippen LogP contribution in [0.1, 0.15) is 70.5 Å². The van der Waals surface area contributed by atoms with E-state index in [1.54, 1.807) is 0 Å². The van der Waals surface area contributed by atoms with Crippen molar-refractivity contribution >= 4 is 40.9 Å². The molecule has 0 saturated carbocycles. The van der Waals surface area contributed by atoms with E-state index in [0.717, 1.165) is 22.8 Å². The van der Waals surface area contributed by atoms with Crippen molar-refractivity contribution in [1.82, 2.24) is 4.90 Å². The average Bonchev–Trinajstić information content (AvgIpc) is 2.77. The predicted octanol–water partition coefficient (Wildman–Crippen LogP) is 8.80. The van der Waals surface area contributed by atoms with Gasteiger partial charge in [-0.3, -0.25) is 4.79 Å².